The van der Waals surface area contributed by atoms with E-state index in [1.54, 1.807) is 4.90 Å². The average Bonchev–Trinajstić information content (AvgIpc) is 3.20. The molecule has 2 aliphatic rings. The molecule has 2 heterocycles. The highest BCUT2D eigenvalue weighted by Gasteiger charge is 2.39. The van der Waals surface area contributed by atoms with Crippen molar-refractivity contribution in [3.8, 4) is 5.75 Å². The molecular formula is C28H35N3O3S. The Morgan fingerprint density at radius 1 is 1.11 bits per heavy atom. The van der Waals surface area contributed by atoms with Crippen molar-refractivity contribution in [1.82, 2.24) is 15.1 Å². The number of benzene rings is 2. The van der Waals surface area contributed by atoms with E-state index in [0.717, 1.165) is 42.3 Å². The largest absolute Gasteiger partial charge is 0.489 e. The number of carbonyl (C=O) groups is 2. The monoisotopic (exact) mass is 493 g/mol. The SMILES string of the molecule is C=C1CCC(N2Cc3c(OCc4ccc(CSCCN(CC)CC)cc4)cccc3C2=O)C(=O)N1. The van der Waals surface area contributed by atoms with Crippen LogP contribution < -0.4 is 10.1 Å². The summed E-state index contributed by atoms with van der Waals surface area (Å²) in [5.74, 6) is 2.58. The summed E-state index contributed by atoms with van der Waals surface area (Å²) >= 11 is 1.96. The van der Waals surface area contributed by atoms with E-state index in [1.165, 1.54) is 5.56 Å². The van der Waals surface area contributed by atoms with Crippen molar-refractivity contribution in [3.05, 3.63) is 77.0 Å². The highest BCUT2D eigenvalue weighted by molar-refractivity contribution is 7.98. The van der Waals surface area contributed by atoms with Crippen LogP contribution in [0, 0.1) is 0 Å². The summed E-state index contributed by atoms with van der Waals surface area (Å²) in [4.78, 5) is 29.6. The van der Waals surface area contributed by atoms with E-state index in [-0.39, 0.29) is 11.8 Å². The molecule has 0 aromatic heterocycles. The lowest BCUT2D eigenvalue weighted by molar-refractivity contribution is -0.126. The number of nitrogens with one attached hydrogen (secondary N) is 1. The Kier molecular flexibility index (Phi) is 8.52. The van der Waals surface area contributed by atoms with E-state index < -0.39 is 6.04 Å². The second-order valence-electron chi connectivity index (χ2n) is 9.05. The third-order valence-corrected chi connectivity index (χ3v) is 7.79. The molecule has 1 atom stereocenters. The quantitative estimate of drug-likeness (QED) is 0.464. The summed E-state index contributed by atoms with van der Waals surface area (Å²) < 4.78 is 6.15. The highest BCUT2D eigenvalue weighted by Crippen LogP contribution is 2.34. The minimum absolute atomic E-state index is 0.110. The van der Waals surface area contributed by atoms with E-state index in [9.17, 15) is 9.59 Å². The zero-order valence-corrected chi connectivity index (χ0v) is 21.5. The van der Waals surface area contributed by atoms with Crippen LogP contribution in [-0.2, 0) is 23.7 Å². The van der Waals surface area contributed by atoms with Crippen LogP contribution in [0.4, 0.5) is 0 Å². The maximum Gasteiger partial charge on any atom is 0.255 e. The van der Waals surface area contributed by atoms with E-state index in [2.05, 4.69) is 54.9 Å². The zero-order valence-electron chi connectivity index (χ0n) is 20.7. The second kappa shape index (κ2) is 11.8. The smallest absolute Gasteiger partial charge is 0.255 e. The van der Waals surface area contributed by atoms with Crippen LogP contribution in [0.1, 0.15) is 53.7 Å². The van der Waals surface area contributed by atoms with Crippen molar-refractivity contribution < 1.29 is 14.3 Å². The van der Waals surface area contributed by atoms with Crippen molar-refractivity contribution >= 4 is 23.6 Å². The molecule has 6 nitrogen and oxygen atoms in total. The molecular weight excluding hydrogens is 458 g/mol. The molecule has 0 radical (unpaired) electrons. The number of nitrogens with zero attached hydrogens (tertiary/aromatic N) is 2. The van der Waals surface area contributed by atoms with E-state index in [1.807, 2.05) is 30.0 Å². The van der Waals surface area contributed by atoms with E-state index in [4.69, 9.17) is 4.74 Å². The summed E-state index contributed by atoms with van der Waals surface area (Å²) in [7, 11) is 0. The predicted molar refractivity (Wildman–Crippen MR) is 141 cm³/mol. The fourth-order valence-electron chi connectivity index (χ4n) is 4.59. The molecule has 2 aromatic rings. The Hall–Kier alpha value is -2.77. The standard InChI is InChI=1S/C28H35N3O3S/c1-4-30(5-2)15-16-35-19-22-12-10-21(11-13-22)18-34-26-8-6-7-23-24(26)17-31(28(23)33)25-14-9-20(3)29-27(25)32/h6-8,10-13,25H,3-5,9,14-19H2,1-2H3,(H,29,32). The molecule has 1 fully saturated rings. The fraction of sp³-hybridized carbons (Fsp3) is 0.429. The van der Waals surface area contributed by atoms with Gasteiger partial charge in [-0.15, -0.1) is 0 Å². The van der Waals surface area contributed by atoms with Gasteiger partial charge in [0.15, 0.2) is 0 Å². The molecule has 7 heteroatoms. The van der Waals surface area contributed by atoms with Crippen LogP contribution in [0.3, 0.4) is 0 Å². The molecule has 1 N–H and O–H groups in total. The molecule has 0 aliphatic carbocycles. The van der Waals surface area contributed by atoms with Crippen LogP contribution in [0.2, 0.25) is 0 Å². The Bertz CT molecular complexity index is 1070. The third kappa shape index (κ3) is 6.08. The number of thioether (sulfide) groups is 1. The van der Waals surface area contributed by atoms with Crippen molar-refractivity contribution in [3.63, 3.8) is 0 Å². The number of allylic oxidation sites excluding steroid dienone is 1. The van der Waals surface area contributed by atoms with Crippen molar-refractivity contribution in [2.45, 2.75) is 51.6 Å². The van der Waals surface area contributed by atoms with Crippen molar-refractivity contribution in [2.24, 2.45) is 0 Å². The van der Waals surface area contributed by atoms with Crippen LogP contribution in [0.25, 0.3) is 0 Å². The van der Waals surface area contributed by atoms with Crippen LogP contribution >= 0.6 is 11.8 Å². The summed E-state index contributed by atoms with van der Waals surface area (Å²) in [6.45, 7) is 12.4. The summed E-state index contributed by atoms with van der Waals surface area (Å²) in [6.07, 6.45) is 1.28. The van der Waals surface area contributed by atoms with E-state index in [0.29, 0.717) is 43.0 Å². The van der Waals surface area contributed by atoms with Crippen molar-refractivity contribution in [1.29, 1.82) is 0 Å². The van der Waals surface area contributed by atoms with Gasteiger partial charge in [-0.25, -0.2) is 0 Å². The number of ether oxygens (including phenoxy) is 1. The molecule has 0 bridgehead atoms. The number of hydrogen-bond donors (Lipinski definition) is 1. The third-order valence-electron chi connectivity index (χ3n) is 6.78. The first-order chi connectivity index (χ1) is 17.0. The Balaban J connectivity index is 1.32. The molecule has 1 saturated heterocycles. The fourth-order valence-corrected chi connectivity index (χ4v) is 5.55. The number of amides is 2. The van der Waals surface area contributed by atoms with Crippen molar-refractivity contribution in [2.75, 3.05) is 25.4 Å². The van der Waals surface area contributed by atoms with Gasteiger partial charge in [0.05, 0.1) is 6.54 Å². The number of piperidine rings is 1. The lowest BCUT2D eigenvalue weighted by atomic mass is 10.0. The van der Waals surface area contributed by atoms with Gasteiger partial charge in [0.1, 0.15) is 18.4 Å². The minimum atomic E-state index is -0.467. The number of carbonyl (C=O) groups excluding carboxylic acids is 2. The predicted octanol–water partition coefficient (Wildman–Crippen LogP) is 4.59. The zero-order chi connectivity index (χ0) is 24.8. The minimum Gasteiger partial charge on any atom is -0.489 e. The molecule has 2 aromatic carbocycles. The molecule has 186 valence electrons. The average molecular weight is 494 g/mol. The maximum atomic E-state index is 13.0. The first-order valence-electron chi connectivity index (χ1n) is 12.4. The summed E-state index contributed by atoms with van der Waals surface area (Å²) in [6, 6.07) is 13.7. The molecule has 0 saturated carbocycles. The van der Waals surface area contributed by atoms with Crippen LogP contribution in [-0.4, -0.2) is 53.0 Å². The van der Waals surface area contributed by atoms with Gasteiger partial charge in [0, 0.05) is 34.9 Å². The van der Waals surface area contributed by atoms with Gasteiger partial charge in [-0.05, 0) is 49.2 Å². The number of fused-ring (bicyclic) bond motifs is 1. The van der Waals surface area contributed by atoms with E-state index >= 15 is 0 Å². The summed E-state index contributed by atoms with van der Waals surface area (Å²) in [5, 5.41) is 2.78. The number of rotatable bonds is 11. The van der Waals surface area contributed by atoms with Crippen LogP contribution in [0.15, 0.2) is 54.7 Å². The van der Waals surface area contributed by atoms with Gasteiger partial charge in [0.2, 0.25) is 5.91 Å². The van der Waals surface area contributed by atoms with Gasteiger partial charge < -0.3 is 19.9 Å². The topological polar surface area (TPSA) is 61.9 Å². The van der Waals surface area contributed by atoms with Gasteiger partial charge in [-0.1, -0.05) is 50.8 Å². The Labute approximate surface area is 212 Å². The molecule has 2 amide bonds. The molecule has 1 unspecified atom stereocenters. The van der Waals surface area contributed by atoms with Gasteiger partial charge in [-0.2, -0.15) is 11.8 Å². The summed E-state index contributed by atoms with van der Waals surface area (Å²) in [5.41, 5.74) is 4.59. The normalized spacial score (nSPS) is 17.6. The maximum absolute atomic E-state index is 13.0. The first-order valence-corrected chi connectivity index (χ1v) is 13.6. The lowest BCUT2D eigenvalue weighted by Crippen LogP contribution is -2.49. The highest BCUT2D eigenvalue weighted by atomic mass is 32.2. The van der Waals surface area contributed by atoms with Crippen LogP contribution in [0.5, 0.6) is 5.75 Å². The Morgan fingerprint density at radius 2 is 1.86 bits per heavy atom. The molecule has 35 heavy (non-hydrogen) atoms. The molecule has 2 aliphatic heterocycles. The molecule has 4 rings (SSSR count). The number of hydrogen-bond acceptors (Lipinski definition) is 5. The van der Waals surface area contributed by atoms with Gasteiger partial charge >= 0.3 is 0 Å². The van der Waals surface area contributed by atoms with Gasteiger partial charge in [0.25, 0.3) is 5.91 Å². The Morgan fingerprint density at radius 3 is 2.57 bits per heavy atom. The molecule has 0 spiro atoms. The first kappa shape index (κ1) is 25.3. The van der Waals surface area contributed by atoms with Gasteiger partial charge in [-0.3, -0.25) is 9.59 Å². The second-order valence-corrected chi connectivity index (χ2v) is 10.2. The lowest BCUT2D eigenvalue weighted by Gasteiger charge is -2.31.